The molecule has 0 spiro atoms. The Morgan fingerprint density at radius 3 is 2.81 bits per heavy atom. The highest BCUT2D eigenvalue weighted by Gasteiger charge is 2.16. The van der Waals surface area contributed by atoms with Crippen LogP contribution in [0.4, 0.5) is 0 Å². The second-order valence-electron chi connectivity index (χ2n) is 2.98. The zero-order chi connectivity index (χ0) is 12.0. The molecule has 0 aliphatic carbocycles. The molecule has 0 radical (unpaired) electrons. The lowest BCUT2D eigenvalue weighted by Crippen LogP contribution is -2.26. The van der Waals surface area contributed by atoms with Crippen molar-refractivity contribution in [2.45, 2.75) is 18.4 Å². The molecule has 0 saturated carbocycles. The Labute approximate surface area is 94.2 Å². The summed E-state index contributed by atoms with van der Waals surface area (Å²) in [5.74, 6) is 0.609. The van der Waals surface area contributed by atoms with Crippen LogP contribution in [0.1, 0.15) is 12.7 Å². The van der Waals surface area contributed by atoms with Crippen molar-refractivity contribution in [3.63, 3.8) is 0 Å². The van der Waals surface area contributed by atoms with Crippen molar-refractivity contribution in [2.24, 2.45) is 0 Å². The number of aromatic amines is 1. The van der Waals surface area contributed by atoms with Gasteiger partial charge >= 0.3 is 0 Å². The average Bonchev–Trinajstić information content (AvgIpc) is 2.73. The third-order valence-corrected chi connectivity index (χ3v) is 2.91. The van der Waals surface area contributed by atoms with Crippen LogP contribution in [0.15, 0.2) is 11.2 Å². The van der Waals surface area contributed by atoms with E-state index in [9.17, 15) is 8.42 Å². The molecule has 1 aromatic heterocycles. The molecule has 1 heterocycles. The van der Waals surface area contributed by atoms with Gasteiger partial charge in [0.25, 0.3) is 10.0 Å². The topological polar surface area (TPSA) is 93.3 Å². The highest BCUT2D eigenvalue weighted by Crippen LogP contribution is 2.05. The maximum absolute atomic E-state index is 11.6. The van der Waals surface area contributed by atoms with E-state index in [0.717, 1.165) is 0 Å². The minimum Gasteiger partial charge on any atom is -0.382 e. The maximum Gasteiger partial charge on any atom is 0.279 e. The molecule has 0 amide bonds. The van der Waals surface area contributed by atoms with Gasteiger partial charge in [0.15, 0.2) is 5.03 Å². The first-order valence-corrected chi connectivity index (χ1v) is 6.25. The Kier molecular flexibility index (Phi) is 4.87. The van der Waals surface area contributed by atoms with Crippen LogP contribution in [0.2, 0.25) is 0 Å². The first kappa shape index (κ1) is 13.1. The summed E-state index contributed by atoms with van der Waals surface area (Å²) in [6, 6.07) is 0. The number of hydrogen-bond donors (Lipinski definition) is 2. The largest absolute Gasteiger partial charge is 0.382 e. The molecule has 0 saturated heterocycles. The van der Waals surface area contributed by atoms with Crippen molar-refractivity contribution in [2.75, 3.05) is 20.3 Å². The number of nitrogens with zero attached hydrogens (tertiary/aromatic N) is 1. The molecular weight excluding hydrogens is 234 g/mol. The molecule has 2 N–H and O–H groups in total. The van der Waals surface area contributed by atoms with Crippen LogP contribution in [0.5, 0.6) is 0 Å². The number of aromatic nitrogens is 2. The number of hydrogen-bond acceptors (Lipinski definition) is 5. The lowest BCUT2D eigenvalue weighted by Gasteiger charge is -2.04. The fraction of sp³-hybridized carbons (Fsp3) is 0.625. The van der Waals surface area contributed by atoms with Gasteiger partial charge in [0, 0.05) is 13.5 Å². The number of rotatable bonds is 7. The van der Waals surface area contributed by atoms with E-state index in [1.54, 1.807) is 0 Å². The Bertz CT molecular complexity index is 415. The van der Waals surface area contributed by atoms with Gasteiger partial charge in [-0.1, -0.05) is 11.8 Å². The summed E-state index contributed by atoms with van der Waals surface area (Å²) in [6.45, 7) is 2.33. The lowest BCUT2D eigenvalue weighted by atomic mass is 10.5. The standard InChI is InChI=1S/C8H15N3O4S/c1-3-7-9-6-8(10-7)16(12,13)11-15-5-4-14-2/h6,11H,3-5H2,1-2H3,(H,9,10). The predicted molar refractivity (Wildman–Crippen MR) is 56.1 cm³/mol. The van der Waals surface area contributed by atoms with E-state index in [1.807, 2.05) is 11.8 Å². The van der Waals surface area contributed by atoms with Crippen LogP contribution in [-0.4, -0.2) is 38.7 Å². The molecule has 92 valence electrons. The number of aryl methyl sites for hydroxylation is 1. The molecule has 8 heteroatoms. The lowest BCUT2D eigenvalue weighted by molar-refractivity contribution is 0.0437. The second kappa shape index (κ2) is 5.94. The summed E-state index contributed by atoms with van der Waals surface area (Å²) in [4.78, 5) is 13.3. The van der Waals surface area contributed by atoms with E-state index in [-0.39, 0.29) is 11.6 Å². The minimum absolute atomic E-state index is 0.0123. The van der Waals surface area contributed by atoms with Gasteiger partial charge in [0.1, 0.15) is 5.82 Å². The number of sulfonamides is 1. The predicted octanol–water partition coefficient (Wildman–Crippen LogP) is -0.172. The molecule has 1 aromatic rings. The Morgan fingerprint density at radius 2 is 2.25 bits per heavy atom. The number of imidazole rings is 1. The van der Waals surface area contributed by atoms with Crippen LogP contribution in [0, 0.1) is 0 Å². The van der Waals surface area contributed by atoms with Crippen molar-refractivity contribution in [1.29, 1.82) is 0 Å². The van der Waals surface area contributed by atoms with Crippen molar-refractivity contribution in [3.05, 3.63) is 12.0 Å². The minimum atomic E-state index is -3.68. The van der Waals surface area contributed by atoms with E-state index in [1.165, 1.54) is 13.3 Å². The van der Waals surface area contributed by atoms with Crippen molar-refractivity contribution in [1.82, 2.24) is 14.9 Å². The summed E-state index contributed by atoms with van der Waals surface area (Å²) in [7, 11) is -2.18. The second-order valence-corrected chi connectivity index (χ2v) is 4.59. The highest BCUT2D eigenvalue weighted by atomic mass is 32.2. The molecular formula is C8H15N3O4S. The molecule has 0 atom stereocenters. The Morgan fingerprint density at radius 1 is 1.50 bits per heavy atom. The number of nitrogens with one attached hydrogen (secondary N) is 2. The maximum atomic E-state index is 11.6. The van der Waals surface area contributed by atoms with Gasteiger partial charge in [0.05, 0.1) is 19.4 Å². The van der Waals surface area contributed by atoms with Gasteiger partial charge in [-0.2, -0.15) is 0 Å². The van der Waals surface area contributed by atoms with Gasteiger partial charge in [-0.15, -0.1) is 0 Å². The summed E-state index contributed by atoms with van der Waals surface area (Å²) in [6.07, 6.45) is 1.89. The summed E-state index contributed by atoms with van der Waals surface area (Å²) in [5, 5.41) is -0.0123. The van der Waals surface area contributed by atoms with Crippen molar-refractivity contribution in [3.8, 4) is 0 Å². The molecule has 1 rings (SSSR count). The smallest absolute Gasteiger partial charge is 0.279 e. The van der Waals surface area contributed by atoms with Crippen LogP contribution in [0.25, 0.3) is 0 Å². The van der Waals surface area contributed by atoms with Crippen molar-refractivity contribution < 1.29 is 18.0 Å². The molecule has 0 fully saturated rings. The molecule has 0 unspecified atom stereocenters. The van der Waals surface area contributed by atoms with Crippen LogP contribution >= 0.6 is 0 Å². The Hall–Kier alpha value is -0.960. The highest BCUT2D eigenvalue weighted by molar-refractivity contribution is 7.89. The average molecular weight is 249 g/mol. The summed E-state index contributed by atoms with van der Waals surface area (Å²) >= 11 is 0. The zero-order valence-electron chi connectivity index (χ0n) is 9.19. The fourth-order valence-corrected chi connectivity index (χ4v) is 1.72. The molecule has 0 aliphatic heterocycles. The number of ether oxygens (including phenoxy) is 1. The monoisotopic (exact) mass is 249 g/mol. The fourth-order valence-electron chi connectivity index (χ4n) is 0.949. The summed E-state index contributed by atoms with van der Waals surface area (Å²) < 4.78 is 27.9. The van der Waals surface area contributed by atoms with Crippen LogP contribution in [0.3, 0.4) is 0 Å². The molecule has 0 aromatic carbocycles. The van der Waals surface area contributed by atoms with Gasteiger partial charge in [-0.25, -0.2) is 13.4 Å². The van der Waals surface area contributed by atoms with E-state index >= 15 is 0 Å². The quantitative estimate of drug-likeness (QED) is 0.517. The molecule has 0 aliphatic rings. The first-order valence-electron chi connectivity index (χ1n) is 4.76. The third kappa shape index (κ3) is 3.56. The van der Waals surface area contributed by atoms with Gasteiger partial charge < -0.3 is 9.72 Å². The molecule has 0 bridgehead atoms. The van der Waals surface area contributed by atoms with Crippen LogP contribution < -0.4 is 4.89 Å². The van der Waals surface area contributed by atoms with E-state index in [2.05, 4.69) is 9.97 Å². The normalized spacial score (nSPS) is 11.9. The van der Waals surface area contributed by atoms with Gasteiger partial charge in [0.2, 0.25) is 0 Å². The van der Waals surface area contributed by atoms with Crippen LogP contribution in [-0.2, 0) is 26.0 Å². The Balaban J connectivity index is 2.56. The number of methoxy groups -OCH3 is 1. The SMILES string of the molecule is CCc1ncc(S(=O)(=O)NOCCOC)[nH]1. The molecule has 16 heavy (non-hydrogen) atoms. The molecule has 7 nitrogen and oxygen atoms in total. The third-order valence-electron chi connectivity index (χ3n) is 1.79. The van der Waals surface area contributed by atoms with E-state index in [4.69, 9.17) is 9.57 Å². The summed E-state index contributed by atoms with van der Waals surface area (Å²) in [5.41, 5.74) is 0. The van der Waals surface area contributed by atoms with Gasteiger partial charge in [-0.05, 0) is 0 Å². The number of H-pyrrole nitrogens is 1. The van der Waals surface area contributed by atoms with E-state index in [0.29, 0.717) is 18.9 Å². The first-order chi connectivity index (χ1) is 7.60. The van der Waals surface area contributed by atoms with Gasteiger partial charge in [-0.3, -0.25) is 4.84 Å². The van der Waals surface area contributed by atoms with Crippen molar-refractivity contribution >= 4 is 10.0 Å². The zero-order valence-corrected chi connectivity index (χ0v) is 10.0. The van der Waals surface area contributed by atoms with E-state index < -0.39 is 10.0 Å².